The Bertz CT molecular complexity index is 825. The predicted octanol–water partition coefficient (Wildman–Crippen LogP) is 2.02. The molecule has 9 nitrogen and oxygen atoms in total. The molecule has 0 unspecified atom stereocenters. The van der Waals surface area contributed by atoms with E-state index in [1.807, 2.05) is 12.3 Å². The van der Waals surface area contributed by atoms with E-state index >= 15 is 0 Å². The fourth-order valence-electron chi connectivity index (χ4n) is 4.24. The molecule has 2 aromatic heterocycles. The van der Waals surface area contributed by atoms with Gasteiger partial charge in [-0.2, -0.15) is 4.98 Å². The number of likely N-dealkylation sites (N-methyl/N-ethyl adjacent to an activating group) is 1. The topological polar surface area (TPSA) is 121 Å². The van der Waals surface area contributed by atoms with Crippen molar-refractivity contribution < 1.29 is 0 Å². The summed E-state index contributed by atoms with van der Waals surface area (Å²) in [4.78, 5) is 18.2. The average Bonchev–Trinajstić information content (AvgIpc) is 2.78. The molecular weight excluding hydrogens is 378 g/mol. The Hall–Kier alpha value is -2.65. The molecule has 0 spiro atoms. The summed E-state index contributed by atoms with van der Waals surface area (Å²) >= 11 is 0. The van der Waals surface area contributed by atoms with Gasteiger partial charge in [0, 0.05) is 32.7 Å². The van der Waals surface area contributed by atoms with Crippen LogP contribution in [0.1, 0.15) is 32.1 Å². The van der Waals surface area contributed by atoms with Crippen LogP contribution in [0.4, 0.5) is 29.0 Å². The van der Waals surface area contributed by atoms with Gasteiger partial charge < -0.3 is 31.9 Å². The van der Waals surface area contributed by atoms with Crippen LogP contribution in [0.3, 0.4) is 0 Å². The highest BCUT2D eigenvalue weighted by atomic mass is 15.3. The van der Waals surface area contributed by atoms with Crippen molar-refractivity contribution in [3.63, 3.8) is 0 Å². The zero-order valence-corrected chi connectivity index (χ0v) is 17.8. The van der Waals surface area contributed by atoms with Gasteiger partial charge in [0.25, 0.3) is 0 Å². The summed E-state index contributed by atoms with van der Waals surface area (Å²) in [6.07, 6.45) is 9.19. The Morgan fingerprint density at radius 2 is 1.80 bits per heavy atom. The highest BCUT2D eigenvalue weighted by Crippen LogP contribution is 2.32. The summed E-state index contributed by atoms with van der Waals surface area (Å²) in [6, 6.07) is 4.05. The molecular formula is C21H33N9. The lowest BCUT2D eigenvalue weighted by molar-refractivity contribution is 0.313. The van der Waals surface area contributed by atoms with E-state index in [1.54, 1.807) is 6.20 Å². The maximum atomic E-state index is 6.15. The number of aromatic nitrogens is 3. The van der Waals surface area contributed by atoms with Crippen LogP contribution in [0.5, 0.6) is 0 Å². The van der Waals surface area contributed by atoms with Crippen LogP contribution in [-0.2, 0) is 0 Å². The Balaban J connectivity index is 1.44. The van der Waals surface area contributed by atoms with E-state index in [0.29, 0.717) is 29.8 Å². The number of hydrogen-bond donors (Lipinski definition) is 4. The third-order valence-corrected chi connectivity index (χ3v) is 6.26. The van der Waals surface area contributed by atoms with Crippen LogP contribution in [0.25, 0.3) is 0 Å². The van der Waals surface area contributed by atoms with E-state index in [2.05, 4.69) is 48.5 Å². The second kappa shape index (κ2) is 9.01. The van der Waals surface area contributed by atoms with Crippen molar-refractivity contribution in [1.82, 2.24) is 19.9 Å². The van der Waals surface area contributed by atoms with Crippen molar-refractivity contribution >= 4 is 29.0 Å². The lowest BCUT2D eigenvalue weighted by Crippen LogP contribution is -2.47. The molecule has 2 fully saturated rings. The van der Waals surface area contributed by atoms with Gasteiger partial charge in [-0.15, -0.1) is 0 Å². The minimum atomic E-state index is -0.138. The summed E-state index contributed by atoms with van der Waals surface area (Å²) < 4.78 is 0. The molecule has 1 aliphatic carbocycles. The number of nitrogens with two attached hydrogens (primary N) is 2. The van der Waals surface area contributed by atoms with Gasteiger partial charge in [-0.05, 0) is 32.0 Å². The van der Waals surface area contributed by atoms with E-state index in [1.165, 1.54) is 19.3 Å². The number of nitrogen functional groups attached to an aromatic ring is 1. The monoisotopic (exact) mass is 411 g/mol. The quantitative estimate of drug-likeness (QED) is 0.565. The highest BCUT2D eigenvalue weighted by Gasteiger charge is 2.31. The molecule has 0 amide bonds. The van der Waals surface area contributed by atoms with Gasteiger partial charge in [-0.1, -0.05) is 19.3 Å². The molecule has 162 valence electrons. The third kappa shape index (κ3) is 4.73. The molecule has 2 aliphatic rings. The molecule has 0 aromatic carbocycles. The maximum absolute atomic E-state index is 6.15. The molecule has 9 heteroatoms. The summed E-state index contributed by atoms with van der Waals surface area (Å²) in [7, 11) is 2.15. The highest BCUT2D eigenvalue weighted by molar-refractivity contribution is 5.64. The second-order valence-electron chi connectivity index (χ2n) is 8.48. The summed E-state index contributed by atoms with van der Waals surface area (Å²) in [5.41, 5.74) is 13.8. The zero-order valence-electron chi connectivity index (χ0n) is 17.8. The average molecular weight is 412 g/mol. The normalized spacial score (nSPS) is 19.5. The molecule has 30 heavy (non-hydrogen) atoms. The Kier molecular flexibility index (Phi) is 6.19. The van der Waals surface area contributed by atoms with Crippen LogP contribution in [-0.4, -0.2) is 65.2 Å². The van der Waals surface area contributed by atoms with Gasteiger partial charge in [-0.25, -0.2) is 9.97 Å². The largest absolute Gasteiger partial charge is 0.394 e. The first-order chi connectivity index (χ1) is 14.6. The number of pyridine rings is 1. The zero-order chi connectivity index (χ0) is 21.0. The summed E-state index contributed by atoms with van der Waals surface area (Å²) in [5.74, 6) is 1.80. The molecule has 0 bridgehead atoms. The number of rotatable bonds is 6. The number of nitrogens with zero attached hydrogens (tertiary/aromatic N) is 5. The van der Waals surface area contributed by atoms with Crippen LogP contribution < -0.4 is 27.0 Å². The third-order valence-electron chi connectivity index (χ3n) is 6.26. The molecule has 0 radical (unpaired) electrons. The standard InChI is InChI=1S/C21H33N9/c1-29-9-11-30(12-10-29)16-5-6-18(24-13-16)26-20-25-14-17(23)19(27-20)28-21(15-22)7-3-2-4-8-21/h5-6,13-14H,2-4,7-12,15,22-23H2,1H3,(H2,24,25,26,27,28). The summed E-state index contributed by atoms with van der Waals surface area (Å²) in [5, 5.41) is 6.71. The van der Waals surface area contributed by atoms with E-state index in [9.17, 15) is 0 Å². The van der Waals surface area contributed by atoms with Crippen LogP contribution in [0.2, 0.25) is 0 Å². The smallest absolute Gasteiger partial charge is 0.230 e. The van der Waals surface area contributed by atoms with Gasteiger partial charge in [0.05, 0.1) is 29.3 Å². The Morgan fingerprint density at radius 3 is 2.47 bits per heavy atom. The maximum Gasteiger partial charge on any atom is 0.230 e. The predicted molar refractivity (Wildman–Crippen MR) is 122 cm³/mol. The van der Waals surface area contributed by atoms with Gasteiger partial charge in [-0.3, -0.25) is 0 Å². The van der Waals surface area contributed by atoms with E-state index in [0.717, 1.165) is 44.7 Å². The molecule has 2 aromatic rings. The molecule has 4 rings (SSSR count). The molecule has 0 atom stereocenters. The fraction of sp³-hybridized carbons (Fsp3) is 0.571. The first kappa shape index (κ1) is 20.6. The number of piperazine rings is 1. The van der Waals surface area contributed by atoms with E-state index in [4.69, 9.17) is 11.5 Å². The van der Waals surface area contributed by atoms with Crippen molar-refractivity contribution in [2.45, 2.75) is 37.6 Å². The van der Waals surface area contributed by atoms with Gasteiger partial charge in [0.2, 0.25) is 5.95 Å². The van der Waals surface area contributed by atoms with Crippen molar-refractivity contribution in [2.24, 2.45) is 5.73 Å². The molecule has 1 saturated carbocycles. The SMILES string of the molecule is CN1CCN(c2ccc(Nc3ncc(N)c(NC4(CN)CCCCC4)n3)nc2)CC1. The van der Waals surface area contributed by atoms with Gasteiger partial charge in [0.1, 0.15) is 5.82 Å². The van der Waals surface area contributed by atoms with Gasteiger partial charge in [0.15, 0.2) is 5.82 Å². The fourth-order valence-corrected chi connectivity index (χ4v) is 4.24. The van der Waals surface area contributed by atoms with Crippen molar-refractivity contribution in [2.75, 3.05) is 61.0 Å². The number of nitrogens with one attached hydrogen (secondary N) is 2. The lowest BCUT2D eigenvalue weighted by atomic mass is 9.81. The van der Waals surface area contributed by atoms with E-state index < -0.39 is 0 Å². The second-order valence-corrected chi connectivity index (χ2v) is 8.48. The van der Waals surface area contributed by atoms with Crippen molar-refractivity contribution in [3.05, 3.63) is 24.5 Å². The van der Waals surface area contributed by atoms with Gasteiger partial charge >= 0.3 is 0 Å². The Morgan fingerprint density at radius 1 is 1.03 bits per heavy atom. The van der Waals surface area contributed by atoms with Crippen LogP contribution in [0, 0.1) is 0 Å². The van der Waals surface area contributed by atoms with Crippen LogP contribution >= 0.6 is 0 Å². The first-order valence-electron chi connectivity index (χ1n) is 10.8. The minimum absolute atomic E-state index is 0.138. The van der Waals surface area contributed by atoms with Crippen molar-refractivity contribution in [3.8, 4) is 0 Å². The minimum Gasteiger partial charge on any atom is -0.394 e. The lowest BCUT2D eigenvalue weighted by Gasteiger charge is -2.37. The van der Waals surface area contributed by atoms with E-state index in [-0.39, 0.29) is 5.54 Å². The molecule has 1 aliphatic heterocycles. The summed E-state index contributed by atoms with van der Waals surface area (Å²) in [6.45, 7) is 4.74. The van der Waals surface area contributed by atoms with Crippen LogP contribution in [0.15, 0.2) is 24.5 Å². The van der Waals surface area contributed by atoms with Crippen molar-refractivity contribution in [1.29, 1.82) is 0 Å². The number of hydrogen-bond acceptors (Lipinski definition) is 9. The number of anilines is 5. The molecule has 3 heterocycles. The Labute approximate surface area is 178 Å². The first-order valence-corrected chi connectivity index (χ1v) is 10.8. The molecule has 6 N–H and O–H groups in total. The molecule has 1 saturated heterocycles.